The van der Waals surface area contributed by atoms with Gasteiger partial charge in [-0.25, -0.2) is 9.78 Å². The van der Waals surface area contributed by atoms with Crippen LogP contribution in [0.4, 0.5) is 11.5 Å². The summed E-state index contributed by atoms with van der Waals surface area (Å²) in [6.07, 6.45) is 10.3. The number of carbonyl (C=O) groups excluding carboxylic acids is 2. The first kappa shape index (κ1) is 26.6. The fourth-order valence-corrected chi connectivity index (χ4v) is 5.06. The molecule has 4 heterocycles. The van der Waals surface area contributed by atoms with E-state index in [-0.39, 0.29) is 11.8 Å². The molecule has 2 aromatic heterocycles. The Morgan fingerprint density at radius 3 is 2.62 bits per heavy atom. The summed E-state index contributed by atoms with van der Waals surface area (Å²) in [5.74, 6) is -0.0621. The zero-order chi connectivity index (χ0) is 27.0. The van der Waals surface area contributed by atoms with Crippen molar-refractivity contribution in [2.24, 2.45) is 5.92 Å². The van der Waals surface area contributed by atoms with Gasteiger partial charge in [0.05, 0.1) is 19.3 Å². The third kappa shape index (κ3) is 6.70. The maximum atomic E-state index is 13.7. The summed E-state index contributed by atoms with van der Waals surface area (Å²) in [5.41, 5.74) is 4.92. The molecule has 2 aliphatic rings. The van der Waals surface area contributed by atoms with Crippen LogP contribution in [0.25, 0.3) is 17.2 Å². The standard InChI is InChI=1S/C31H34N4O4/c1-38-30(36)10-7-23-11-14-32-29(19-23)35(31(37)24-12-17-39-18-13-24)22-27-9-8-26(21-33-27)25-5-4-6-28(20-25)34-15-2-3-16-34/h4-11,14,19-21,24H,2-3,12-13,15-18,22H2,1H3/b10-7+. The van der Waals surface area contributed by atoms with Gasteiger partial charge in [0.2, 0.25) is 5.91 Å². The van der Waals surface area contributed by atoms with Gasteiger partial charge in [-0.2, -0.15) is 0 Å². The van der Waals surface area contributed by atoms with E-state index in [2.05, 4.69) is 40.2 Å². The molecule has 0 saturated carbocycles. The molecule has 0 radical (unpaired) electrons. The maximum absolute atomic E-state index is 13.7. The first-order valence-corrected chi connectivity index (χ1v) is 13.5. The summed E-state index contributed by atoms with van der Waals surface area (Å²) in [6.45, 7) is 3.64. The topological polar surface area (TPSA) is 84.9 Å². The highest BCUT2D eigenvalue weighted by Gasteiger charge is 2.28. The van der Waals surface area contributed by atoms with Gasteiger partial charge in [0.25, 0.3) is 0 Å². The predicted molar refractivity (Wildman–Crippen MR) is 151 cm³/mol. The number of nitrogens with zero attached hydrogens (tertiary/aromatic N) is 4. The molecule has 1 amide bonds. The quantitative estimate of drug-likeness (QED) is 0.305. The van der Waals surface area contributed by atoms with E-state index in [1.807, 2.05) is 12.3 Å². The molecule has 0 unspecified atom stereocenters. The van der Waals surface area contributed by atoms with E-state index in [1.165, 1.54) is 31.7 Å². The summed E-state index contributed by atoms with van der Waals surface area (Å²) in [4.78, 5) is 38.6. The summed E-state index contributed by atoms with van der Waals surface area (Å²) in [5, 5.41) is 0. The van der Waals surface area contributed by atoms with Gasteiger partial charge in [-0.15, -0.1) is 0 Å². The lowest BCUT2D eigenvalue weighted by molar-refractivity contribution is -0.134. The fraction of sp³-hybridized carbons (Fsp3) is 0.355. The van der Waals surface area contributed by atoms with Crippen molar-refractivity contribution in [3.63, 3.8) is 0 Å². The predicted octanol–water partition coefficient (Wildman–Crippen LogP) is 4.89. The molecule has 2 saturated heterocycles. The Kier molecular flexibility index (Phi) is 8.63. The van der Waals surface area contributed by atoms with Gasteiger partial charge in [0.15, 0.2) is 0 Å². The molecule has 0 bridgehead atoms. The van der Waals surface area contributed by atoms with Crippen LogP contribution in [0.1, 0.15) is 36.9 Å². The third-order valence-corrected chi connectivity index (χ3v) is 7.29. The van der Waals surface area contributed by atoms with Gasteiger partial charge < -0.3 is 14.4 Å². The van der Waals surface area contributed by atoms with Crippen LogP contribution < -0.4 is 9.80 Å². The Morgan fingerprint density at radius 1 is 1.05 bits per heavy atom. The van der Waals surface area contributed by atoms with Gasteiger partial charge in [-0.1, -0.05) is 18.2 Å². The highest BCUT2D eigenvalue weighted by molar-refractivity contribution is 5.94. The van der Waals surface area contributed by atoms with E-state index in [4.69, 9.17) is 14.5 Å². The number of hydrogen-bond donors (Lipinski definition) is 0. The van der Waals surface area contributed by atoms with Crippen LogP contribution in [0.3, 0.4) is 0 Å². The average molecular weight is 527 g/mol. The molecule has 202 valence electrons. The van der Waals surface area contributed by atoms with Crippen LogP contribution >= 0.6 is 0 Å². The minimum atomic E-state index is -0.446. The largest absolute Gasteiger partial charge is 0.466 e. The number of methoxy groups -OCH3 is 1. The molecule has 0 spiro atoms. The number of hydrogen-bond acceptors (Lipinski definition) is 7. The van der Waals surface area contributed by atoms with E-state index < -0.39 is 5.97 Å². The molecule has 2 fully saturated rings. The van der Waals surface area contributed by atoms with E-state index in [1.54, 1.807) is 29.3 Å². The van der Waals surface area contributed by atoms with E-state index in [0.29, 0.717) is 38.4 Å². The van der Waals surface area contributed by atoms with E-state index >= 15 is 0 Å². The molecule has 5 rings (SSSR count). The number of amides is 1. The Hall–Kier alpha value is -4.04. The molecule has 1 aromatic carbocycles. The van der Waals surface area contributed by atoms with Gasteiger partial charge in [0, 0.05) is 61.9 Å². The molecule has 3 aromatic rings. The minimum Gasteiger partial charge on any atom is -0.466 e. The second-order valence-electron chi connectivity index (χ2n) is 9.90. The van der Waals surface area contributed by atoms with Crippen LogP contribution in [0.2, 0.25) is 0 Å². The van der Waals surface area contributed by atoms with Crippen molar-refractivity contribution in [2.45, 2.75) is 32.2 Å². The van der Waals surface area contributed by atoms with Crippen molar-refractivity contribution in [3.05, 3.63) is 78.3 Å². The molecule has 0 atom stereocenters. The van der Waals surface area contributed by atoms with Crippen molar-refractivity contribution in [1.82, 2.24) is 9.97 Å². The van der Waals surface area contributed by atoms with Crippen LogP contribution in [0.15, 0.2) is 67.0 Å². The Labute approximate surface area is 229 Å². The highest BCUT2D eigenvalue weighted by atomic mass is 16.5. The molecule has 0 aliphatic carbocycles. The van der Waals surface area contributed by atoms with Gasteiger partial charge >= 0.3 is 5.97 Å². The number of pyridine rings is 2. The number of benzene rings is 1. The Balaban J connectivity index is 1.38. The summed E-state index contributed by atoms with van der Waals surface area (Å²) >= 11 is 0. The molecular formula is C31H34N4O4. The van der Waals surface area contributed by atoms with Gasteiger partial charge in [0.1, 0.15) is 5.82 Å². The number of carbonyl (C=O) groups is 2. The van der Waals surface area contributed by atoms with Crippen molar-refractivity contribution < 1.29 is 19.1 Å². The number of aromatic nitrogens is 2. The summed E-state index contributed by atoms with van der Waals surface area (Å²) < 4.78 is 10.2. The third-order valence-electron chi connectivity index (χ3n) is 7.29. The summed E-state index contributed by atoms with van der Waals surface area (Å²) in [6, 6.07) is 16.2. The highest BCUT2D eigenvalue weighted by Crippen LogP contribution is 2.28. The van der Waals surface area contributed by atoms with Crippen molar-refractivity contribution in [2.75, 3.05) is 43.2 Å². The number of ether oxygens (including phenoxy) is 2. The molecule has 39 heavy (non-hydrogen) atoms. The Morgan fingerprint density at radius 2 is 1.87 bits per heavy atom. The zero-order valence-corrected chi connectivity index (χ0v) is 22.3. The van der Waals surface area contributed by atoms with Crippen LogP contribution in [-0.4, -0.2) is 55.3 Å². The van der Waals surface area contributed by atoms with Crippen molar-refractivity contribution >= 4 is 29.5 Å². The van der Waals surface area contributed by atoms with Crippen molar-refractivity contribution in [3.8, 4) is 11.1 Å². The lowest BCUT2D eigenvalue weighted by Gasteiger charge is -2.28. The molecule has 8 heteroatoms. The minimum absolute atomic E-state index is 0.00379. The van der Waals surface area contributed by atoms with Gasteiger partial charge in [-0.3, -0.25) is 14.7 Å². The second kappa shape index (κ2) is 12.7. The SMILES string of the molecule is COC(=O)/C=C/c1ccnc(N(Cc2ccc(-c3cccc(N4CCCC4)c3)cn2)C(=O)C2CCOCC2)c1. The van der Waals surface area contributed by atoms with E-state index in [9.17, 15) is 9.59 Å². The van der Waals surface area contributed by atoms with Crippen molar-refractivity contribution in [1.29, 1.82) is 0 Å². The number of rotatable bonds is 8. The van der Waals surface area contributed by atoms with E-state index in [0.717, 1.165) is 35.5 Å². The van der Waals surface area contributed by atoms with Crippen LogP contribution in [0, 0.1) is 5.92 Å². The normalized spacial score (nSPS) is 16.0. The first-order valence-electron chi connectivity index (χ1n) is 13.5. The maximum Gasteiger partial charge on any atom is 0.330 e. The molecule has 8 nitrogen and oxygen atoms in total. The lowest BCUT2D eigenvalue weighted by atomic mass is 9.98. The summed E-state index contributed by atoms with van der Waals surface area (Å²) in [7, 11) is 1.33. The van der Waals surface area contributed by atoms with Crippen LogP contribution in [-0.2, 0) is 25.6 Å². The monoisotopic (exact) mass is 526 g/mol. The first-order chi connectivity index (χ1) is 19.1. The van der Waals surface area contributed by atoms with Crippen LogP contribution in [0.5, 0.6) is 0 Å². The number of anilines is 2. The smallest absolute Gasteiger partial charge is 0.330 e. The van der Waals surface area contributed by atoms with Gasteiger partial charge in [-0.05, 0) is 73.2 Å². The second-order valence-corrected chi connectivity index (χ2v) is 9.90. The number of esters is 1. The lowest BCUT2D eigenvalue weighted by Crippen LogP contribution is -2.39. The molecular weight excluding hydrogens is 492 g/mol. The average Bonchev–Trinajstić information content (AvgIpc) is 3.55. The Bertz CT molecular complexity index is 1310. The zero-order valence-electron chi connectivity index (χ0n) is 22.3. The molecule has 0 N–H and O–H groups in total. The molecule has 2 aliphatic heterocycles. The fourth-order valence-electron chi connectivity index (χ4n) is 5.06.